The number of hydrogen-bond donors (Lipinski definition) is 1. The Balaban J connectivity index is 2.18. The third kappa shape index (κ3) is 2.11. The second-order valence-corrected chi connectivity index (χ2v) is 5.32. The minimum Gasteiger partial charge on any atom is -0.497 e. The Kier molecular flexibility index (Phi) is 3.52. The molecule has 1 atom stereocenters. The Hall–Kier alpha value is -2.50. The highest BCUT2D eigenvalue weighted by Gasteiger charge is 2.37. The SMILES string of the molecule is COC(=O)C1c2[nH]c3ccc(OC)cc3c2CCN1C(C)=O. The average molecular weight is 302 g/mol. The van der Waals surface area contributed by atoms with Crippen LogP contribution in [0.25, 0.3) is 10.9 Å². The summed E-state index contributed by atoms with van der Waals surface area (Å²) in [6.07, 6.45) is 0.690. The summed E-state index contributed by atoms with van der Waals surface area (Å²) in [5.41, 5.74) is 2.70. The summed E-state index contributed by atoms with van der Waals surface area (Å²) in [5, 5.41) is 1.02. The largest absolute Gasteiger partial charge is 0.497 e. The van der Waals surface area contributed by atoms with E-state index < -0.39 is 12.0 Å². The van der Waals surface area contributed by atoms with E-state index in [9.17, 15) is 9.59 Å². The minimum atomic E-state index is -0.718. The lowest BCUT2D eigenvalue weighted by molar-refractivity contribution is -0.153. The Labute approximate surface area is 128 Å². The third-order valence-corrected chi connectivity index (χ3v) is 4.16. The normalized spacial score (nSPS) is 17.2. The van der Waals surface area contributed by atoms with Crippen molar-refractivity contribution in [3.05, 3.63) is 29.5 Å². The number of nitrogens with one attached hydrogen (secondary N) is 1. The molecule has 3 rings (SSSR count). The van der Waals surface area contributed by atoms with Gasteiger partial charge in [-0.1, -0.05) is 0 Å². The second kappa shape index (κ2) is 5.36. The molecule has 0 saturated heterocycles. The molecule has 6 nitrogen and oxygen atoms in total. The Morgan fingerprint density at radius 2 is 2.09 bits per heavy atom. The van der Waals surface area contributed by atoms with Crippen molar-refractivity contribution >= 4 is 22.8 Å². The average Bonchev–Trinajstić information content (AvgIpc) is 2.90. The molecule has 22 heavy (non-hydrogen) atoms. The van der Waals surface area contributed by atoms with Gasteiger partial charge in [-0.25, -0.2) is 4.79 Å². The Morgan fingerprint density at radius 1 is 1.32 bits per heavy atom. The quantitative estimate of drug-likeness (QED) is 0.859. The van der Waals surface area contributed by atoms with Crippen molar-refractivity contribution < 1.29 is 19.1 Å². The summed E-state index contributed by atoms with van der Waals surface area (Å²) in [7, 11) is 2.95. The Morgan fingerprint density at radius 3 is 2.73 bits per heavy atom. The maximum atomic E-state index is 12.2. The van der Waals surface area contributed by atoms with Gasteiger partial charge in [0, 0.05) is 24.4 Å². The van der Waals surface area contributed by atoms with Crippen LogP contribution in [0.15, 0.2) is 18.2 Å². The number of aromatic amines is 1. The summed E-state index contributed by atoms with van der Waals surface area (Å²) in [6.45, 7) is 1.96. The van der Waals surface area contributed by atoms with Crippen LogP contribution < -0.4 is 4.74 Å². The van der Waals surface area contributed by atoms with Crippen molar-refractivity contribution in [1.82, 2.24) is 9.88 Å². The number of methoxy groups -OCH3 is 2. The number of ether oxygens (including phenoxy) is 2. The molecule has 116 valence electrons. The predicted octanol–water partition coefficient (Wildman–Crippen LogP) is 1.80. The first-order valence-corrected chi connectivity index (χ1v) is 7.10. The first kappa shape index (κ1) is 14.4. The molecule has 1 N–H and O–H groups in total. The molecule has 1 aliphatic heterocycles. The molecule has 1 aromatic carbocycles. The fourth-order valence-electron chi connectivity index (χ4n) is 3.09. The molecule has 1 aromatic heterocycles. The van der Waals surface area contributed by atoms with Crippen LogP contribution in [0.1, 0.15) is 24.2 Å². The standard InChI is InChI=1S/C16H18N2O4/c1-9(19)18-7-6-11-12-8-10(21-2)4-5-13(12)17-14(11)15(18)16(20)22-3/h4-5,8,15,17H,6-7H2,1-3H3. The van der Waals surface area contributed by atoms with Crippen LogP contribution in [0.3, 0.4) is 0 Å². The maximum Gasteiger partial charge on any atom is 0.334 e. The van der Waals surface area contributed by atoms with Gasteiger partial charge < -0.3 is 19.4 Å². The highest BCUT2D eigenvalue weighted by Crippen LogP contribution is 2.36. The zero-order chi connectivity index (χ0) is 15.9. The van der Waals surface area contributed by atoms with Gasteiger partial charge in [-0.3, -0.25) is 4.79 Å². The Bertz CT molecular complexity index is 750. The monoisotopic (exact) mass is 302 g/mol. The van der Waals surface area contributed by atoms with E-state index in [0.29, 0.717) is 13.0 Å². The number of carbonyl (C=O) groups is 2. The number of esters is 1. The van der Waals surface area contributed by atoms with Gasteiger partial charge in [-0.15, -0.1) is 0 Å². The second-order valence-electron chi connectivity index (χ2n) is 5.32. The van der Waals surface area contributed by atoms with Crippen molar-refractivity contribution in [1.29, 1.82) is 0 Å². The molecule has 1 aliphatic rings. The molecule has 0 spiro atoms. The molecular weight excluding hydrogens is 284 g/mol. The van der Waals surface area contributed by atoms with Crippen LogP contribution in [-0.4, -0.2) is 42.5 Å². The van der Waals surface area contributed by atoms with Crippen molar-refractivity contribution in [2.24, 2.45) is 0 Å². The van der Waals surface area contributed by atoms with E-state index >= 15 is 0 Å². The lowest BCUT2D eigenvalue weighted by atomic mass is 9.97. The topological polar surface area (TPSA) is 71.6 Å². The van der Waals surface area contributed by atoms with Crippen LogP contribution >= 0.6 is 0 Å². The molecule has 1 unspecified atom stereocenters. The predicted molar refractivity (Wildman–Crippen MR) is 80.7 cm³/mol. The van der Waals surface area contributed by atoms with Gasteiger partial charge in [0.1, 0.15) is 5.75 Å². The number of amides is 1. The van der Waals surface area contributed by atoms with Crippen LogP contribution in [0.5, 0.6) is 5.75 Å². The summed E-state index contributed by atoms with van der Waals surface area (Å²) in [6, 6.07) is 5.01. The van der Waals surface area contributed by atoms with Crippen LogP contribution in [0, 0.1) is 0 Å². The van der Waals surface area contributed by atoms with Gasteiger partial charge in [0.05, 0.1) is 19.9 Å². The van der Waals surface area contributed by atoms with Crippen LogP contribution in [0.4, 0.5) is 0 Å². The van der Waals surface area contributed by atoms with Gasteiger partial charge in [0.25, 0.3) is 0 Å². The van der Waals surface area contributed by atoms with E-state index in [4.69, 9.17) is 9.47 Å². The van der Waals surface area contributed by atoms with Crippen molar-refractivity contribution in [2.45, 2.75) is 19.4 Å². The minimum absolute atomic E-state index is 0.141. The highest BCUT2D eigenvalue weighted by atomic mass is 16.5. The molecule has 2 aromatic rings. The maximum absolute atomic E-state index is 12.2. The number of benzene rings is 1. The molecule has 0 bridgehead atoms. The highest BCUT2D eigenvalue weighted by molar-refractivity contribution is 5.91. The van der Waals surface area contributed by atoms with E-state index in [2.05, 4.69) is 4.98 Å². The first-order valence-electron chi connectivity index (χ1n) is 7.10. The zero-order valence-corrected chi connectivity index (χ0v) is 12.8. The van der Waals surface area contributed by atoms with Crippen molar-refractivity contribution in [3.63, 3.8) is 0 Å². The van der Waals surface area contributed by atoms with Gasteiger partial charge in [-0.2, -0.15) is 0 Å². The summed E-state index contributed by atoms with van der Waals surface area (Å²) < 4.78 is 10.2. The van der Waals surface area contributed by atoms with Gasteiger partial charge in [0.15, 0.2) is 6.04 Å². The van der Waals surface area contributed by atoms with Crippen LogP contribution in [-0.2, 0) is 20.7 Å². The van der Waals surface area contributed by atoms with Gasteiger partial charge >= 0.3 is 5.97 Å². The molecular formula is C16H18N2O4. The van der Waals surface area contributed by atoms with Crippen molar-refractivity contribution in [2.75, 3.05) is 20.8 Å². The van der Waals surface area contributed by atoms with Crippen LogP contribution in [0.2, 0.25) is 0 Å². The first-order chi connectivity index (χ1) is 10.6. The molecule has 0 radical (unpaired) electrons. The summed E-state index contributed by atoms with van der Waals surface area (Å²) in [5.74, 6) is 0.185. The molecule has 1 amide bonds. The smallest absolute Gasteiger partial charge is 0.334 e. The fourth-order valence-corrected chi connectivity index (χ4v) is 3.09. The molecule has 0 saturated carbocycles. The summed E-state index contributed by atoms with van der Waals surface area (Å²) in [4.78, 5) is 28.8. The summed E-state index contributed by atoms with van der Waals surface area (Å²) >= 11 is 0. The van der Waals surface area contributed by atoms with E-state index in [1.54, 1.807) is 12.0 Å². The number of carbonyl (C=O) groups excluding carboxylic acids is 2. The molecule has 6 heteroatoms. The lowest BCUT2D eigenvalue weighted by Gasteiger charge is -2.33. The third-order valence-electron chi connectivity index (χ3n) is 4.16. The fraction of sp³-hybridized carbons (Fsp3) is 0.375. The number of H-pyrrole nitrogens is 1. The van der Waals surface area contributed by atoms with Gasteiger partial charge in [-0.05, 0) is 30.2 Å². The molecule has 0 aliphatic carbocycles. The van der Waals surface area contributed by atoms with E-state index in [-0.39, 0.29) is 5.91 Å². The number of hydrogen-bond acceptors (Lipinski definition) is 4. The van der Waals surface area contributed by atoms with E-state index in [1.807, 2.05) is 18.2 Å². The number of nitrogens with zero attached hydrogens (tertiary/aromatic N) is 1. The van der Waals surface area contributed by atoms with Crippen molar-refractivity contribution in [3.8, 4) is 5.75 Å². The number of rotatable bonds is 2. The van der Waals surface area contributed by atoms with E-state index in [1.165, 1.54) is 14.0 Å². The molecule has 2 heterocycles. The molecule has 0 fully saturated rings. The number of aromatic nitrogens is 1. The lowest BCUT2D eigenvalue weighted by Crippen LogP contribution is -2.42. The number of fused-ring (bicyclic) bond motifs is 3. The van der Waals surface area contributed by atoms with Gasteiger partial charge in [0.2, 0.25) is 5.91 Å². The van der Waals surface area contributed by atoms with E-state index in [0.717, 1.165) is 27.9 Å². The zero-order valence-electron chi connectivity index (χ0n) is 12.8.